The van der Waals surface area contributed by atoms with Crippen molar-refractivity contribution in [3.8, 4) is 0 Å². The molecule has 0 amide bonds. The van der Waals surface area contributed by atoms with E-state index in [9.17, 15) is 4.79 Å². The Balaban J connectivity index is 2.61. The van der Waals surface area contributed by atoms with Crippen LogP contribution in [0.1, 0.15) is 25.8 Å². The van der Waals surface area contributed by atoms with Crippen LogP contribution in [0.5, 0.6) is 0 Å². The number of carbonyl (C=O) groups excluding carboxylic acids is 1. The van der Waals surface area contributed by atoms with Crippen molar-refractivity contribution in [1.82, 2.24) is 0 Å². The Hall–Kier alpha value is -1.68. The molecular weight excluding hydrogens is 248 g/mol. The molecule has 0 aliphatic rings. The molecule has 1 rings (SSSR count). The number of thiocarbonyl (C=S) groups is 1. The molecule has 0 saturated heterocycles. The van der Waals surface area contributed by atoms with Gasteiger partial charge in [-0.3, -0.25) is 0 Å². The van der Waals surface area contributed by atoms with E-state index in [0.29, 0.717) is 17.0 Å². The summed E-state index contributed by atoms with van der Waals surface area (Å²) in [5.41, 5.74) is 1.13. The van der Waals surface area contributed by atoms with Gasteiger partial charge < -0.3 is 9.47 Å². The molecule has 96 valence electrons. The van der Waals surface area contributed by atoms with Crippen molar-refractivity contribution in [2.45, 2.75) is 26.6 Å². The topological polar surface area (TPSA) is 35.5 Å². The van der Waals surface area contributed by atoms with Gasteiger partial charge in [0.25, 0.3) is 0 Å². The van der Waals surface area contributed by atoms with Crippen LogP contribution in [0.2, 0.25) is 0 Å². The van der Waals surface area contributed by atoms with Crippen LogP contribution in [-0.4, -0.2) is 17.3 Å². The lowest BCUT2D eigenvalue weighted by Crippen LogP contribution is -2.23. The van der Waals surface area contributed by atoms with Gasteiger partial charge in [-0.25, -0.2) is 4.79 Å². The van der Waals surface area contributed by atoms with Crippen molar-refractivity contribution < 1.29 is 14.3 Å². The molecule has 0 heterocycles. The number of ether oxygens (including phenoxy) is 2. The van der Waals surface area contributed by atoms with E-state index in [0.717, 1.165) is 5.56 Å². The largest absolute Gasteiger partial charge is 0.444 e. The number of esters is 1. The maximum Gasteiger partial charge on any atom is 0.336 e. The predicted octanol–water partition coefficient (Wildman–Crippen LogP) is 3.23. The van der Waals surface area contributed by atoms with Crippen LogP contribution in [0.15, 0.2) is 42.5 Å². The Morgan fingerprint density at radius 2 is 1.94 bits per heavy atom. The molecule has 1 aromatic rings. The first-order valence-electron chi connectivity index (χ1n) is 5.67. The van der Waals surface area contributed by atoms with E-state index >= 15 is 0 Å². The first-order valence-corrected chi connectivity index (χ1v) is 6.08. The van der Waals surface area contributed by atoms with Gasteiger partial charge in [-0.1, -0.05) is 43.8 Å². The van der Waals surface area contributed by atoms with Gasteiger partial charge in [-0.15, -0.1) is 0 Å². The number of carbonyl (C=O) groups is 1. The van der Waals surface area contributed by atoms with Gasteiger partial charge in [0.15, 0.2) is 5.05 Å². The van der Waals surface area contributed by atoms with E-state index < -0.39 is 12.3 Å². The van der Waals surface area contributed by atoms with Gasteiger partial charge in [0.05, 0.1) is 0 Å². The highest BCUT2D eigenvalue weighted by Gasteiger charge is 2.16. The highest BCUT2D eigenvalue weighted by atomic mass is 32.1. The highest BCUT2D eigenvalue weighted by Crippen LogP contribution is 2.10. The molecule has 0 fully saturated rings. The lowest BCUT2D eigenvalue weighted by Gasteiger charge is -2.18. The van der Waals surface area contributed by atoms with E-state index in [4.69, 9.17) is 21.7 Å². The molecule has 0 aromatic heterocycles. The average Bonchev–Trinajstić information content (AvgIpc) is 2.38. The lowest BCUT2D eigenvalue weighted by atomic mass is 10.2. The second-order valence-corrected chi connectivity index (χ2v) is 4.17. The minimum Gasteiger partial charge on any atom is -0.444 e. The highest BCUT2D eigenvalue weighted by molar-refractivity contribution is 7.80. The molecule has 4 heteroatoms. The Bertz CT molecular complexity index is 440. The third-order valence-corrected chi connectivity index (χ3v) is 2.50. The Kier molecular flexibility index (Phi) is 5.52. The van der Waals surface area contributed by atoms with E-state index in [1.165, 1.54) is 0 Å². The molecule has 0 radical (unpaired) electrons. The third-order valence-electron chi connectivity index (χ3n) is 2.17. The zero-order chi connectivity index (χ0) is 13.5. The predicted molar refractivity (Wildman–Crippen MR) is 74.2 cm³/mol. The van der Waals surface area contributed by atoms with E-state index in [1.54, 1.807) is 6.92 Å². The van der Waals surface area contributed by atoms with Crippen LogP contribution in [0.4, 0.5) is 0 Å². The van der Waals surface area contributed by atoms with Gasteiger partial charge >= 0.3 is 5.97 Å². The first kappa shape index (κ1) is 14.4. The molecule has 0 bridgehead atoms. The monoisotopic (exact) mass is 264 g/mol. The molecule has 0 aliphatic heterocycles. The molecule has 0 saturated carbocycles. The molecule has 0 N–H and O–H groups in total. The van der Waals surface area contributed by atoms with Crippen LogP contribution in [0.25, 0.3) is 0 Å². The summed E-state index contributed by atoms with van der Waals surface area (Å²) in [5.74, 6) is -0.474. The van der Waals surface area contributed by atoms with Crippen molar-refractivity contribution in [2.24, 2.45) is 0 Å². The second-order valence-electron chi connectivity index (χ2n) is 3.79. The van der Waals surface area contributed by atoms with Crippen molar-refractivity contribution in [1.29, 1.82) is 0 Å². The zero-order valence-corrected chi connectivity index (χ0v) is 11.3. The van der Waals surface area contributed by atoms with Gasteiger partial charge in [0, 0.05) is 17.6 Å². The standard InChI is InChI=1S/C14H16O3S/c1-4-12(16-13(15)10(2)3)17-14(18)11-8-6-5-7-9-11/h5-9,12H,2,4H2,1,3H3. The number of hydrogen-bond donors (Lipinski definition) is 0. The normalized spacial score (nSPS) is 11.4. The maximum atomic E-state index is 11.4. The van der Waals surface area contributed by atoms with Crippen molar-refractivity contribution in [3.05, 3.63) is 48.0 Å². The van der Waals surface area contributed by atoms with Crippen LogP contribution >= 0.6 is 12.2 Å². The number of rotatable bonds is 5. The van der Waals surface area contributed by atoms with Crippen LogP contribution in [-0.2, 0) is 14.3 Å². The minimum atomic E-state index is -0.679. The third kappa shape index (κ3) is 4.30. The van der Waals surface area contributed by atoms with E-state index in [2.05, 4.69) is 6.58 Å². The van der Waals surface area contributed by atoms with Crippen molar-refractivity contribution >= 4 is 23.2 Å². The first-order chi connectivity index (χ1) is 8.54. The quantitative estimate of drug-likeness (QED) is 0.354. The summed E-state index contributed by atoms with van der Waals surface area (Å²) in [6.45, 7) is 6.96. The fourth-order valence-corrected chi connectivity index (χ4v) is 1.42. The average molecular weight is 264 g/mol. The second kappa shape index (κ2) is 6.91. The summed E-state index contributed by atoms with van der Waals surface area (Å²) in [4.78, 5) is 11.4. The molecule has 18 heavy (non-hydrogen) atoms. The van der Waals surface area contributed by atoms with Crippen LogP contribution < -0.4 is 0 Å². The van der Waals surface area contributed by atoms with Gasteiger partial charge in [0.2, 0.25) is 6.29 Å². The minimum absolute atomic E-state index is 0.317. The molecule has 0 aliphatic carbocycles. The number of benzene rings is 1. The van der Waals surface area contributed by atoms with Gasteiger partial charge in [-0.05, 0) is 19.1 Å². The summed E-state index contributed by atoms with van der Waals surface area (Å²) in [7, 11) is 0. The summed E-state index contributed by atoms with van der Waals surface area (Å²) in [6, 6.07) is 9.31. The summed E-state index contributed by atoms with van der Waals surface area (Å²) < 4.78 is 10.6. The molecular formula is C14H16O3S. The van der Waals surface area contributed by atoms with Crippen LogP contribution in [0, 0.1) is 0 Å². The molecule has 3 nitrogen and oxygen atoms in total. The maximum absolute atomic E-state index is 11.4. The zero-order valence-electron chi connectivity index (χ0n) is 10.5. The van der Waals surface area contributed by atoms with Gasteiger partial charge in [-0.2, -0.15) is 0 Å². The molecule has 1 atom stereocenters. The summed E-state index contributed by atoms with van der Waals surface area (Å²) in [6.07, 6.45) is -0.159. The molecule has 1 unspecified atom stereocenters. The Morgan fingerprint density at radius 3 is 2.44 bits per heavy atom. The van der Waals surface area contributed by atoms with Crippen LogP contribution in [0.3, 0.4) is 0 Å². The molecule has 1 aromatic carbocycles. The van der Waals surface area contributed by atoms with Crippen molar-refractivity contribution in [2.75, 3.05) is 0 Å². The summed E-state index contributed by atoms with van der Waals surface area (Å²) >= 11 is 5.15. The lowest BCUT2D eigenvalue weighted by molar-refractivity contribution is -0.160. The molecule has 0 spiro atoms. The Labute approximate surface area is 112 Å². The smallest absolute Gasteiger partial charge is 0.336 e. The SMILES string of the molecule is C=C(C)C(=O)OC(CC)OC(=S)c1ccccc1. The van der Waals surface area contributed by atoms with E-state index in [-0.39, 0.29) is 0 Å². The van der Waals surface area contributed by atoms with Gasteiger partial charge in [0.1, 0.15) is 0 Å². The summed E-state index contributed by atoms with van der Waals surface area (Å²) in [5, 5.41) is 0.317. The van der Waals surface area contributed by atoms with Crippen molar-refractivity contribution in [3.63, 3.8) is 0 Å². The van der Waals surface area contributed by atoms with E-state index in [1.807, 2.05) is 37.3 Å². The fourth-order valence-electron chi connectivity index (χ4n) is 1.17. The Morgan fingerprint density at radius 1 is 1.33 bits per heavy atom. The number of hydrogen-bond acceptors (Lipinski definition) is 4. The fraction of sp³-hybridized carbons (Fsp3) is 0.286.